The standard InChI is InChI=1S/C11H18O3/c1-13-10(12)7-11(9-8-14-9)5-3-2-4-6-11/h9H,2-8H2,1H3. The minimum absolute atomic E-state index is 0.0811. The van der Waals surface area contributed by atoms with Crippen LogP contribution in [0.5, 0.6) is 0 Å². The predicted octanol–water partition coefficient (Wildman–Crippen LogP) is 1.90. The van der Waals surface area contributed by atoms with E-state index in [9.17, 15) is 4.79 Å². The van der Waals surface area contributed by atoms with Crippen molar-refractivity contribution >= 4 is 5.97 Å². The number of carbonyl (C=O) groups excluding carboxylic acids is 1. The van der Waals surface area contributed by atoms with E-state index >= 15 is 0 Å². The fourth-order valence-corrected chi connectivity index (χ4v) is 2.63. The largest absolute Gasteiger partial charge is 0.469 e. The normalized spacial score (nSPS) is 29.6. The van der Waals surface area contributed by atoms with Crippen LogP contribution in [0, 0.1) is 5.41 Å². The van der Waals surface area contributed by atoms with Gasteiger partial charge in [-0.3, -0.25) is 4.79 Å². The number of rotatable bonds is 3. The van der Waals surface area contributed by atoms with E-state index in [1.54, 1.807) is 0 Å². The van der Waals surface area contributed by atoms with E-state index in [4.69, 9.17) is 9.47 Å². The molecule has 1 saturated heterocycles. The highest BCUT2D eigenvalue weighted by molar-refractivity contribution is 5.70. The summed E-state index contributed by atoms with van der Waals surface area (Å²) in [7, 11) is 1.46. The van der Waals surface area contributed by atoms with Gasteiger partial charge in [0.05, 0.1) is 26.2 Å². The molecule has 3 heteroatoms. The van der Waals surface area contributed by atoms with Crippen molar-refractivity contribution in [2.24, 2.45) is 5.41 Å². The molecule has 1 unspecified atom stereocenters. The summed E-state index contributed by atoms with van der Waals surface area (Å²) in [6.45, 7) is 0.844. The Morgan fingerprint density at radius 3 is 2.57 bits per heavy atom. The number of hydrogen-bond acceptors (Lipinski definition) is 3. The lowest BCUT2D eigenvalue weighted by Crippen LogP contribution is -2.33. The second kappa shape index (κ2) is 3.89. The average molecular weight is 198 g/mol. The van der Waals surface area contributed by atoms with Gasteiger partial charge in [-0.25, -0.2) is 0 Å². The van der Waals surface area contributed by atoms with E-state index in [0.717, 1.165) is 19.4 Å². The van der Waals surface area contributed by atoms with E-state index < -0.39 is 0 Å². The first-order valence-electron chi connectivity index (χ1n) is 5.45. The number of carbonyl (C=O) groups is 1. The Morgan fingerprint density at radius 1 is 1.43 bits per heavy atom. The summed E-state index contributed by atoms with van der Waals surface area (Å²) in [6.07, 6.45) is 6.92. The zero-order valence-corrected chi connectivity index (χ0v) is 8.75. The Morgan fingerprint density at radius 2 is 2.07 bits per heavy atom. The van der Waals surface area contributed by atoms with Gasteiger partial charge in [0.25, 0.3) is 0 Å². The van der Waals surface area contributed by atoms with Crippen molar-refractivity contribution in [3.63, 3.8) is 0 Å². The van der Waals surface area contributed by atoms with Gasteiger partial charge in [0, 0.05) is 5.41 Å². The molecule has 0 aromatic heterocycles. The SMILES string of the molecule is COC(=O)CC1(C2CO2)CCCCC1. The van der Waals surface area contributed by atoms with Crippen LogP contribution in [-0.2, 0) is 14.3 Å². The molecule has 0 amide bonds. The van der Waals surface area contributed by atoms with Crippen LogP contribution in [0.4, 0.5) is 0 Å². The molecular weight excluding hydrogens is 180 g/mol. The van der Waals surface area contributed by atoms with Crippen LogP contribution in [0.1, 0.15) is 38.5 Å². The van der Waals surface area contributed by atoms with Crippen LogP contribution in [0.25, 0.3) is 0 Å². The van der Waals surface area contributed by atoms with Crippen molar-refractivity contribution in [2.45, 2.75) is 44.6 Å². The maximum atomic E-state index is 11.3. The summed E-state index contributed by atoms with van der Waals surface area (Å²) in [5, 5.41) is 0. The Hall–Kier alpha value is -0.570. The van der Waals surface area contributed by atoms with Crippen molar-refractivity contribution in [3.8, 4) is 0 Å². The summed E-state index contributed by atoms with van der Waals surface area (Å²) in [5.74, 6) is -0.0811. The quantitative estimate of drug-likeness (QED) is 0.513. The van der Waals surface area contributed by atoms with Crippen LogP contribution < -0.4 is 0 Å². The first-order chi connectivity index (χ1) is 6.77. The van der Waals surface area contributed by atoms with Gasteiger partial charge in [0.15, 0.2) is 0 Å². The van der Waals surface area contributed by atoms with Gasteiger partial charge in [-0.1, -0.05) is 19.3 Å². The van der Waals surface area contributed by atoms with Crippen LogP contribution in [0.2, 0.25) is 0 Å². The fourth-order valence-electron chi connectivity index (χ4n) is 2.63. The second-order valence-electron chi connectivity index (χ2n) is 4.50. The van der Waals surface area contributed by atoms with Gasteiger partial charge in [0.1, 0.15) is 0 Å². The van der Waals surface area contributed by atoms with Gasteiger partial charge >= 0.3 is 5.97 Å². The molecule has 2 rings (SSSR count). The van der Waals surface area contributed by atoms with Gasteiger partial charge < -0.3 is 9.47 Å². The molecule has 80 valence electrons. The lowest BCUT2D eigenvalue weighted by atomic mass is 9.69. The number of epoxide rings is 1. The number of ether oxygens (including phenoxy) is 2. The molecule has 1 saturated carbocycles. The Bertz CT molecular complexity index is 215. The molecule has 0 N–H and O–H groups in total. The molecule has 0 aromatic carbocycles. The molecule has 3 nitrogen and oxygen atoms in total. The summed E-state index contributed by atoms with van der Waals surface area (Å²) in [6, 6.07) is 0. The molecule has 0 aromatic rings. The van der Waals surface area contributed by atoms with Crippen LogP contribution in [0.15, 0.2) is 0 Å². The second-order valence-corrected chi connectivity index (χ2v) is 4.50. The molecule has 1 heterocycles. The van der Waals surface area contributed by atoms with Gasteiger partial charge in [-0.2, -0.15) is 0 Å². The number of methoxy groups -OCH3 is 1. The molecule has 1 aliphatic heterocycles. The van der Waals surface area contributed by atoms with E-state index in [-0.39, 0.29) is 11.4 Å². The van der Waals surface area contributed by atoms with Gasteiger partial charge in [0.2, 0.25) is 0 Å². The Kier molecular flexibility index (Phi) is 2.77. The van der Waals surface area contributed by atoms with Crippen molar-refractivity contribution in [2.75, 3.05) is 13.7 Å². The molecule has 0 bridgehead atoms. The summed E-state index contributed by atoms with van der Waals surface area (Å²) in [4.78, 5) is 11.3. The molecule has 14 heavy (non-hydrogen) atoms. The third-order valence-electron chi connectivity index (χ3n) is 3.59. The maximum Gasteiger partial charge on any atom is 0.306 e. The lowest BCUT2D eigenvalue weighted by molar-refractivity contribution is -0.144. The molecule has 0 spiro atoms. The Balaban J connectivity index is 2.01. The van der Waals surface area contributed by atoms with Crippen LogP contribution in [0.3, 0.4) is 0 Å². The average Bonchev–Trinajstić information content (AvgIpc) is 3.02. The molecular formula is C11H18O3. The van der Waals surface area contributed by atoms with E-state index in [2.05, 4.69) is 0 Å². The predicted molar refractivity (Wildman–Crippen MR) is 51.9 cm³/mol. The van der Waals surface area contributed by atoms with Crippen LogP contribution in [-0.4, -0.2) is 25.8 Å². The first-order valence-corrected chi connectivity index (χ1v) is 5.45. The van der Waals surface area contributed by atoms with E-state index in [1.165, 1.54) is 26.4 Å². The minimum atomic E-state index is -0.0811. The summed E-state index contributed by atoms with van der Waals surface area (Å²) < 4.78 is 10.2. The third kappa shape index (κ3) is 1.92. The maximum absolute atomic E-state index is 11.3. The highest BCUT2D eigenvalue weighted by atomic mass is 16.6. The molecule has 1 atom stereocenters. The highest BCUT2D eigenvalue weighted by Crippen LogP contribution is 2.47. The van der Waals surface area contributed by atoms with Crippen molar-refractivity contribution in [1.82, 2.24) is 0 Å². The fraction of sp³-hybridized carbons (Fsp3) is 0.909. The van der Waals surface area contributed by atoms with Crippen molar-refractivity contribution in [3.05, 3.63) is 0 Å². The summed E-state index contributed by atoms with van der Waals surface area (Å²) >= 11 is 0. The van der Waals surface area contributed by atoms with Crippen molar-refractivity contribution < 1.29 is 14.3 Å². The van der Waals surface area contributed by atoms with E-state index in [0.29, 0.717) is 12.5 Å². The van der Waals surface area contributed by atoms with Gasteiger partial charge in [-0.05, 0) is 12.8 Å². The van der Waals surface area contributed by atoms with Crippen molar-refractivity contribution in [1.29, 1.82) is 0 Å². The molecule has 2 fully saturated rings. The first kappa shape index (κ1) is 9.97. The number of hydrogen-bond donors (Lipinski definition) is 0. The topological polar surface area (TPSA) is 38.8 Å². The smallest absolute Gasteiger partial charge is 0.306 e. The zero-order chi connectivity index (χ0) is 10.0. The highest BCUT2D eigenvalue weighted by Gasteiger charge is 2.48. The molecule has 1 aliphatic carbocycles. The monoisotopic (exact) mass is 198 g/mol. The van der Waals surface area contributed by atoms with Crippen LogP contribution >= 0.6 is 0 Å². The zero-order valence-electron chi connectivity index (χ0n) is 8.75. The number of esters is 1. The minimum Gasteiger partial charge on any atom is -0.469 e. The molecule has 0 radical (unpaired) electrons. The lowest BCUT2D eigenvalue weighted by Gasteiger charge is -2.34. The summed E-state index contributed by atoms with van der Waals surface area (Å²) in [5.41, 5.74) is 0.116. The third-order valence-corrected chi connectivity index (χ3v) is 3.59. The van der Waals surface area contributed by atoms with E-state index in [1.807, 2.05) is 0 Å². The Labute approximate surface area is 84.8 Å². The van der Waals surface area contributed by atoms with Gasteiger partial charge in [-0.15, -0.1) is 0 Å². The molecule has 2 aliphatic rings.